The number of carbonyl (C=O) groups is 1. The van der Waals surface area contributed by atoms with Crippen LogP contribution in [0.1, 0.15) is 35.2 Å². The molecule has 1 saturated heterocycles. The van der Waals surface area contributed by atoms with Gasteiger partial charge in [-0.3, -0.25) is 4.79 Å². The molecule has 0 bridgehead atoms. The lowest BCUT2D eigenvalue weighted by Crippen LogP contribution is -2.39. The molecule has 0 spiro atoms. The third kappa shape index (κ3) is 3.97. The summed E-state index contributed by atoms with van der Waals surface area (Å²) < 4.78 is 0. The monoisotopic (exact) mass is 365 g/mol. The van der Waals surface area contributed by atoms with Crippen LogP contribution in [0.4, 0.5) is 11.6 Å². The summed E-state index contributed by atoms with van der Waals surface area (Å²) in [7, 11) is 0. The van der Waals surface area contributed by atoms with Gasteiger partial charge in [0.2, 0.25) is 5.91 Å². The van der Waals surface area contributed by atoms with Gasteiger partial charge in [0.05, 0.1) is 5.69 Å². The highest BCUT2D eigenvalue weighted by Gasteiger charge is 2.25. The molecule has 1 aliphatic heterocycles. The van der Waals surface area contributed by atoms with Crippen molar-refractivity contribution in [2.24, 2.45) is 11.7 Å². The highest BCUT2D eigenvalue weighted by Crippen LogP contribution is 2.25. The topological polar surface area (TPSA) is 121 Å². The fraction of sp³-hybridized carbons (Fsp3) is 0.421. The van der Waals surface area contributed by atoms with E-state index in [1.54, 1.807) is 6.20 Å². The third-order valence-corrected chi connectivity index (χ3v) is 5.08. The minimum atomic E-state index is -0.227. The predicted molar refractivity (Wildman–Crippen MR) is 102 cm³/mol. The lowest BCUT2D eigenvalue weighted by Gasteiger charge is -2.32. The number of amides is 1. The number of nitrogens with one attached hydrogen (secondary N) is 1. The van der Waals surface area contributed by atoms with Gasteiger partial charge in [-0.15, -0.1) is 5.10 Å². The molecule has 3 N–H and O–H groups in total. The Morgan fingerprint density at radius 3 is 2.78 bits per heavy atom. The molecule has 27 heavy (non-hydrogen) atoms. The second-order valence-corrected chi connectivity index (χ2v) is 6.75. The molecule has 1 amide bonds. The number of aromatic nitrogens is 3. The van der Waals surface area contributed by atoms with Crippen LogP contribution < -0.4 is 16.0 Å². The molecule has 2 aromatic rings. The van der Waals surface area contributed by atoms with Crippen LogP contribution in [-0.4, -0.2) is 34.2 Å². The van der Waals surface area contributed by atoms with Gasteiger partial charge in [-0.05, 0) is 38.3 Å². The van der Waals surface area contributed by atoms with Crippen molar-refractivity contribution in [2.75, 3.05) is 23.3 Å². The smallest absolute Gasteiger partial charge is 0.220 e. The molecule has 0 aliphatic carbocycles. The molecule has 2 aromatic heterocycles. The fourth-order valence-electron chi connectivity index (χ4n) is 3.28. The van der Waals surface area contributed by atoms with E-state index in [1.165, 1.54) is 0 Å². The number of aryl methyl sites for hydroxylation is 1. The van der Waals surface area contributed by atoms with E-state index < -0.39 is 0 Å². The quantitative estimate of drug-likeness (QED) is 0.826. The first kappa shape index (κ1) is 18.6. The number of anilines is 2. The minimum Gasteiger partial charge on any atom is -0.369 e. The number of primary amides is 1. The molecule has 0 aromatic carbocycles. The number of pyridine rings is 1. The summed E-state index contributed by atoms with van der Waals surface area (Å²) in [6.07, 6.45) is 3.23. The van der Waals surface area contributed by atoms with E-state index in [0.717, 1.165) is 48.6 Å². The summed E-state index contributed by atoms with van der Waals surface area (Å²) in [6.45, 7) is 5.66. The van der Waals surface area contributed by atoms with Crippen LogP contribution >= 0.6 is 0 Å². The number of carbonyl (C=O) groups excluding carboxylic acids is 1. The third-order valence-electron chi connectivity index (χ3n) is 5.08. The number of rotatable bonds is 5. The van der Waals surface area contributed by atoms with Crippen LogP contribution in [0.5, 0.6) is 0 Å². The molecule has 140 valence electrons. The van der Waals surface area contributed by atoms with Gasteiger partial charge in [0.1, 0.15) is 17.5 Å². The van der Waals surface area contributed by atoms with E-state index in [-0.39, 0.29) is 11.8 Å². The molecule has 8 nitrogen and oxygen atoms in total. The summed E-state index contributed by atoms with van der Waals surface area (Å²) in [6, 6.07) is 6.08. The number of piperidine rings is 1. The van der Waals surface area contributed by atoms with Gasteiger partial charge in [-0.1, -0.05) is 6.07 Å². The first-order valence-corrected chi connectivity index (χ1v) is 8.97. The Morgan fingerprint density at radius 1 is 1.37 bits per heavy atom. The molecule has 0 atom stereocenters. The standard InChI is InChI=1S/C19H23N7O/c1-12-13(2)24-25-18(16(12)10-20)23-11-15-4-3-7-22-19(15)26-8-5-14(6-9-26)17(21)27/h3-4,7,14H,5-6,8-9,11H2,1-2H3,(H2,21,27)(H,23,25). The highest BCUT2D eigenvalue weighted by atomic mass is 16.1. The average molecular weight is 365 g/mol. The summed E-state index contributed by atoms with van der Waals surface area (Å²) in [4.78, 5) is 18.1. The Labute approximate surface area is 158 Å². The first-order valence-electron chi connectivity index (χ1n) is 8.97. The zero-order valence-corrected chi connectivity index (χ0v) is 15.6. The molecule has 3 rings (SSSR count). The van der Waals surface area contributed by atoms with Gasteiger partial charge < -0.3 is 16.0 Å². The number of hydrogen-bond acceptors (Lipinski definition) is 7. The molecule has 3 heterocycles. The van der Waals surface area contributed by atoms with E-state index in [4.69, 9.17) is 5.73 Å². The Bertz CT molecular complexity index is 882. The largest absolute Gasteiger partial charge is 0.369 e. The molecule has 1 aliphatic rings. The number of nitriles is 1. The van der Waals surface area contributed by atoms with E-state index in [0.29, 0.717) is 17.9 Å². The van der Waals surface area contributed by atoms with Crippen molar-refractivity contribution in [2.45, 2.75) is 33.2 Å². The van der Waals surface area contributed by atoms with Gasteiger partial charge in [0, 0.05) is 37.3 Å². The second kappa shape index (κ2) is 7.99. The van der Waals surface area contributed by atoms with Gasteiger partial charge >= 0.3 is 0 Å². The normalized spacial score (nSPS) is 14.6. The van der Waals surface area contributed by atoms with E-state index in [9.17, 15) is 10.1 Å². The Hall–Kier alpha value is -3.21. The van der Waals surface area contributed by atoms with Crippen molar-refractivity contribution < 1.29 is 4.79 Å². The molecular weight excluding hydrogens is 342 g/mol. The first-order chi connectivity index (χ1) is 13.0. The van der Waals surface area contributed by atoms with Gasteiger partial charge in [-0.2, -0.15) is 10.4 Å². The molecule has 1 fully saturated rings. The number of hydrogen-bond donors (Lipinski definition) is 2. The van der Waals surface area contributed by atoms with Crippen LogP contribution in [0.3, 0.4) is 0 Å². The lowest BCUT2D eigenvalue weighted by molar-refractivity contribution is -0.122. The van der Waals surface area contributed by atoms with Crippen LogP contribution in [-0.2, 0) is 11.3 Å². The van der Waals surface area contributed by atoms with Crippen molar-refractivity contribution in [3.8, 4) is 6.07 Å². The maximum Gasteiger partial charge on any atom is 0.220 e. The molecular formula is C19H23N7O. The molecule has 8 heteroatoms. The molecule has 0 radical (unpaired) electrons. The maximum atomic E-state index is 11.4. The summed E-state index contributed by atoms with van der Waals surface area (Å²) in [5.74, 6) is 1.07. The Morgan fingerprint density at radius 2 is 2.11 bits per heavy atom. The SMILES string of the molecule is Cc1nnc(NCc2cccnc2N2CCC(C(N)=O)CC2)c(C#N)c1C. The summed E-state index contributed by atoms with van der Waals surface area (Å²) >= 11 is 0. The van der Waals surface area contributed by atoms with Crippen molar-refractivity contribution in [3.05, 3.63) is 40.7 Å². The van der Waals surface area contributed by atoms with E-state index in [2.05, 4.69) is 31.5 Å². The zero-order valence-electron chi connectivity index (χ0n) is 15.6. The average Bonchev–Trinajstić information content (AvgIpc) is 2.69. The van der Waals surface area contributed by atoms with Gasteiger partial charge in [-0.25, -0.2) is 4.98 Å². The van der Waals surface area contributed by atoms with Gasteiger partial charge in [0.25, 0.3) is 0 Å². The second-order valence-electron chi connectivity index (χ2n) is 6.75. The van der Waals surface area contributed by atoms with Crippen LogP contribution in [0, 0.1) is 31.1 Å². The van der Waals surface area contributed by atoms with Crippen LogP contribution in [0.25, 0.3) is 0 Å². The van der Waals surface area contributed by atoms with E-state index >= 15 is 0 Å². The minimum absolute atomic E-state index is 0.0597. The summed E-state index contributed by atoms with van der Waals surface area (Å²) in [5, 5.41) is 20.9. The van der Waals surface area contributed by atoms with Gasteiger partial charge in [0.15, 0.2) is 5.82 Å². The van der Waals surface area contributed by atoms with Crippen LogP contribution in [0.15, 0.2) is 18.3 Å². The highest BCUT2D eigenvalue weighted by molar-refractivity contribution is 5.77. The zero-order chi connectivity index (χ0) is 19.4. The Kier molecular flexibility index (Phi) is 5.50. The number of nitrogens with two attached hydrogens (primary N) is 1. The van der Waals surface area contributed by atoms with Crippen LogP contribution in [0.2, 0.25) is 0 Å². The predicted octanol–water partition coefficient (Wildman–Crippen LogP) is 1.67. The van der Waals surface area contributed by atoms with Crippen molar-refractivity contribution in [1.29, 1.82) is 5.26 Å². The molecule has 0 unspecified atom stereocenters. The lowest BCUT2D eigenvalue weighted by atomic mass is 9.96. The number of nitrogens with zero attached hydrogens (tertiary/aromatic N) is 5. The molecule has 0 saturated carbocycles. The van der Waals surface area contributed by atoms with Crippen molar-refractivity contribution >= 4 is 17.5 Å². The maximum absolute atomic E-state index is 11.4. The fourth-order valence-corrected chi connectivity index (χ4v) is 3.28. The Balaban J connectivity index is 1.75. The summed E-state index contributed by atoms with van der Waals surface area (Å²) in [5.41, 5.74) is 8.50. The van der Waals surface area contributed by atoms with E-state index in [1.807, 2.05) is 26.0 Å². The van der Waals surface area contributed by atoms with Crippen molar-refractivity contribution in [3.63, 3.8) is 0 Å². The van der Waals surface area contributed by atoms with Crippen molar-refractivity contribution in [1.82, 2.24) is 15.2 Å².